The van der Waals surface area contributed by atoms with E-state index in [1.807, 2.05) is 12.1 Å². The number of aromatic nitrogens is 1. The van der Waals surface area contributed by atoms with Gasteiger partial charge in [0, 0.05) is 16.7 Å². The maximum atomic E-state index is 6.10. The molecule has 0 saturated heterocycles. The number of anilines is 1. The predicted octanol–water partition coefficient (Wildman–Crippen LogP) is 3.76. The van der Waals surface area contributed by atoms with E-state index in [0.29, 0.717) is 22.5 Å². The number of rotatable bonds is 4. The molecule has 1 aliphatic carbocycles. The molecule has 0 bridgehead atoms. The van der Waals surface area contributed by atoms with Crippen molar-refractivity contribution in [3.8, 4) is 17.1 Å². The third-order valence-electron chi connectivity index (χ3n) is 3.39. The number of nitrogens with two attached hydrogens (primary N) is 1. The second kappa shape index (κ2) is 5.13. The van der Waals surface area contributed by atoms with Crippen LogP contribution in [0.4, 0.5) is 5.82 Å². The van der Waals surface area contributed by atoms with E-state index in [1.54, 1.807) is 12.1 Å². The molecule has 100 valence electrons. The van der Waals surface area contributed by atoms with Crippen molar-refractivity contribution in [1.82, 2.24) is 5.16 Å². The van der Waals surface area contributed by atoms with Gasteiger partial charge in [0.05, 0.1) is 6.61 Å². The van der Waals surface area contributed by atoms with E-state index >= 15 is 0 Å². The third kappa shape index (κ3) is 2.84. The first-order valence-electron chi connectivity index (χ1n) is 6.36. The molecule has 5 heteroatoms. The van der Waals surface area contributed by atoms with Crippen LogP contribution in [0.1, 0.15) is 19.3 Å². The maximum absolute atomic E-state index is 6.10. The molecule has 1 saturated carbocycles. The Morgan fingerprint density at radius 1 is 1.32 bits per heavy atom. The van der Waals surface area contributed by atoms with Crippen LogP contribution in [0.2, 0.25) is 5.02 Å². The lowest BCUT2D eigenvalue weighted by atomic mass is 9.86. The summed E-state index contributed by atoms with van der Waals surface area (Å²) in [6.45, 7) is 0.748. The summed E-state index contributed by atoms with van der Waals surface area (Å²) in [5.74, 6) is 2.38. The second-order valence-corrected chi connectivity index (χ2v) is 5.34. The molecule has 0 aliphatic heterocycles. The average molecular weight is 279 g/mol. The fourth-order valence-corrected chi connectivity index (χ4v) is 2.31. The highest BCUT2D eigenvalue weighted by molar-refractivity contribution is 6.31. The summed E-state index contributed by atoms with van der Waals surface area (Å²) < 4.78 is 10.9. The molecule has 19 heavy (non-hydrogen) atoms. The summed E-state index contributed by atoms with van der Waals surface area (Å²) >= 11 is 6.10. The lowest BCUT2D eigenvalue weighted by Gasteiger charge is -2.25. The molecule has 1 aromatic carbocycles. The minimum Gasteiger partial charge on any atom is -0.493 e. The fourth-order valence-electron chi connectivity index (χ4n) is 2.09. The molecule has 0 amide bonds. The van der Waals surface area contributed by atoms with Crippen LogP contribution in [0, 0.1) is 5.92 Å². The van der Waals surface area contributed by atoms with Gasteiger partial charge in [-0.2, -0.15) is 0 Å². The maximum Gasteiger partial charge on any atom is 0.169 e. The summed E-state index contributed by atoms with van der Waals surface area (Å²) in [5.41, 5.74) is 6.37. The molecule has 1 aliphatic rings. The van der Waals surface area contributed by atoms with Crippen LogP contribution < -0.4 is 10.5 Å². The first kappa shape index (κ1) is 12.4. The van der Waals surface area contributed by atoms with Crippen molar-refractivity contribution in [2.24, 2.45) is 5.92 Å². The minimum atomic E-state index is 0.354. The van der Waals surface area contributed by atoms with Gasteiger partial charge in [-0.3, -0.25) is 0 Å². The zero-order chi connectivity index (χ0) is 13.2. The molecule has 1 fully saturated rings. The van der Waals surface area contributed by atoms with Gasteiger partial charge >= 0.3 is 0 Å². The lowest BCUT2D eigenvalue weighted by Crippen LogP contribution is -2.19. The molecule has 2 aromatic rings. The van der Waals surface area contributed by atoms with Crippen LogP contribution in [-0.4, -0.2) is 11.8 Å². The Morgan fingerprint density at radius 2 is 2.16 bits per heavy atom. The van der Waals surface area contributed by atoms with E-state index < -0.39 is 0 Å². The Balaban J connectivity index is 1.78. The van der Waals surface area contributed by atoms with Crippen LogP contribution >= 0.6 is 11.6 Å². The van der Waals surface area contributed by atoms with Gasteiger partial charge in [-0.1, -0.05) is 23.2 Å². The Hall–Kier alpha value is -1.68. The Bertz CT molecular complexity index is 579. The highest BCUT2D eigenvalue weighted by Crippen LogP contribution is 2.31. The van der Waals surface area contributed by atoms with Crippen molar-refractivity contribution in [3.05, 3.63) is 29.3 Å². The van der Waals surface area contributed by atoms with Crippen LogP contribution in [0.15, 0.2) is 28.8 Å². The van der Waals surface area contributed by atoms with Crippen molar-refractivity contribution in [2.45, 2.75) is 19.3 Å². The molecule has 4 nitrogen and oxygen atoms in total. The summed E-state index contributed by atoms with van der Waals surface area (Å²) in [5, 5.41) is 4.28. The Kier molecular flexibility index (Phi) is 3.34. The summed E-state index contributed by atoms with van der Waals surface area (Å²) in [6, 6.07) is 7.17. The topological polar surface area (TPSA) is 61.3 Å². The standard InChI is InChI=1S/C14H15ClN2O2/c15-11-4-10(13-7-14(16)17-19-13)5-12(6-11)18-8-9-2-1-3-9/h4-7,9H,1-3,8H2,(H2,16,17). The monoisotopic (exact) mass is 278 g/mol. The van der Waals surface area contributed by atoms with E-state index in [9.17, 15) is 0 Å². The quantitative estimate of drug-likeness (QED) is 0.925. The molecule has 3 rings (SSSR count). The fraction of sp³-hybridized carbons (Fsp3) is 0.357. The van der Waals surface area contributed by atoms with Gasteiger partial charge in [-0.25, -0.2) is 0 Å². The van der Waals surface area contributed by atoms with Crippen LogP contribution in [0.5, 0.6) is 5.75 Å². The number of halogens is 1. The van der Waals surface area contributed by atoms with E-state index in [2.05, 4.69) is 5.16 Å². The van der Waals surface area contributed by atoms with Crippen molar-refractivity contribution in [3.63, 3.8) is 0 Å². The van der Waals surface area contributed by atoms with Crippen molar-refractivity contribution < 1.29 is 9.26 Å². The number of benzene rings is 1. The van der Waals surface area contributed by atoms with Crippen LogP contribution in [0.3, 0.4) is 0 Å². The Morgan fingerprint density at radius 3 is 2.79 bits per heavy atom. The summed E-state index contributed by atoms with van der Waals surface area (Å²) in [7, 11) is 0. The van der Waals surface area contributed by atoms with Gasteiger partial charge in [0.1, 0.15) is 5.75 Å². The van der Waals surface area contributed by atoms with E-state index in [-0.39, 0.29) is 0 Å². The van der Waals surface area contributed by atoms with Gasteiger partial charge in [-0.15, -0.1) is 0 Å². The largest absolute Gasteiger partial charge is 0.493 e. The lowest BCUT2D eigenvalue weighted by molar-refractivity contribution is 0.180. The number of nitrogen functional groups attached to an aromatic ring is 1. The normalized spacial score (nSPS) is 15.2. The van der Waals surface area contributed by atoms with E-state index in [0.717, 1.165) is 17.9 Å². The molecule has 0 spiro atoms. The number of ether oxygens (including phenoxy) is 1. The van der Waals surface area contributed by atoms with Crippen molar-refractivity contribution in [1.29, 1.82) is 0 Å². The predicted molar refractivity (Wildman–Crippen MR) is 74.2 cm³/mol. The molecule has 1 aromatic heterocycles. The SMILES string of the molecule is Nc1cc(-c2cc(Cl)cc(OCC3CCC3)c2)on1. The van der Waals surface area contributed by atoms with E-state index in [4.69, 9.17) is 26.6 Å². The number of hydrogen-bond acceptors (Lipinski definition) is 4. The summed E-state index contributed by atoms with van der Waals surface area (Å²) in [6.07, 6.45) is 3.82. The molecule has 0 atom stereocenters. The minimum absolute atomic E-state index is 0.354. The van der Waals surface area contributed by atoms with Crippen LogP contribution in [-0.2, 0) is 0 Å². The highest BCUT2D eigenvalue weighted by atomic mass is 35.5. The molecule has 2 N–H and O–H groups in total. The molecular weight excluding hydrogens is 264 g/mol. The van der Waals surface area contributed by atoms with Gasteiger partial charge in [0.25, 0.3) is 0 Å². The first-order valence-corrected chi connectivity index (χ1v) is 6.74. The van der Waals surface area contributed by atoms with Crippen molar-refractivity contribution >= 4 is 17.4 Å². The first-order chi connectivity index (χ1) is 9.20. The van der Waals surface area contributed by atoms with Gasteiger partial charge < -0.3 is 15.0 Å². The molecule has 0 unspecified atom stereocenters. The zero-order valence-electron chi connectivity index (χ0n) is 10.4. The average Bonchev–Trinajstić information content (AvgIpc) is 2.73. The molecule has 1 heterocycles. The van der Waals surface area contributed by atoms with Gasteiger partial charge in [-0.05, 0) is 37.0 Å². The summed E-state index contributed by atoms with van der Waals surface area (Å²) in [4.78, 5) is 0. The zero-order valence-corrected chi connectivity index (χ0v) is 11.2. The van der Waals surface area contributed by atoms with E-state index in [1.165, 1.54) is 19.3 Å². The highest BCUT2D eigenvalue weighted by Gasteiger charge is 2.18. The number of nitrogens with zero attached hydrogens (tertiary/aromatic N) is 1. The van der Waals surface area contributed by atoms with Gasteiger partial charge in [0.15, 0.2) is 11.6 Å². The smallest absolute Gasteiger partial charge is 0.169 e. The van der Waals surface area contributed by atoms with Crippen molar-refractivity contribution in [2.75, 3.05) is 12.3 Å². The Labute approximate surface area is 116 Å². The second-order valence-electron chi connectivity index (χ2n) is 4.90. The number of hydrogen-bond donors (Lipinski definition) is 1. The molecular formula is C14H15ClN2O2. The molecule has 0 radical (unpaired) electrons. The van der Waals surface area contributed by atoms with Gasteiger partial charge in [0.2, 0.25) is 0 Å². The van der Waals surface area contributed by atoms with Crippen LogP contribution in [0.25, 0.3) is 11.3 Å². The third-order valence-corrected chi connectivity index (χ3v) is 3.61.